The van der Waals surface area contributed by atoms with Crippen molar-refractivity contribution in [2.24, 2.45) is 17.6 Å². The van der Waals surface area contributed by atoms with Gasteiger partial charge in [-0.3, -0.25) is 9.48 Å². The molecule has 1 aliphatic heterocycles. The molecule has 0 spiro atoms. The van der Waals surface area contributed by atoms with Gasteiger partial charge in [0.05, 0.1) is 5.54 Å². The van der Waals surface area contributed by atoms with Crippen LogP contribution in [0.1, 0.15) is 32.6 Å². The number of piperidine rings is 1. The first-order chi connectivity index (χ1) is 9.57. The van der Waals surface area contributed by atoms with Gasteiger partial charge in [0.15, 0.2) is 0 Å². The third kappa shape index (κ3) is 2.70. The molecule has 0 aromatic carbocycles. The van der Waals surface area contributed by atoms with Crippen LogP contribution < -0.4 is 5.73 Å². The lowest BCUT2D eigenvalue weighted by Gasteiger charge is -2.37. The van der Waals surface area contributed by atoms with Gasteiger partial charge in [-0.15, -0.1) is 0 Å². The van der Waals surface area contributed by atoms with Crippen LogP contribution in [0.5, 0.6) is 0 Å². The van der Waals surface area contributed by atoms with Crippen molar-refractivity contribution in [2.45, 2.75) is 44.7 Å². The summed E-state index contributed by atoms with van der Waals surface area (Å²) in [6, 6.07) is 0. The summed E-state index contributed by atoms with van der Waals surface area (Å²) in [5.74, 6) is 0.957. The molecule has 20 heavy (non-hydrogen) atoms. The number of hydrogen-bond acceptors (Lipinski definition) is 4. The Morgan fingerprint density at radius 1 is 1.45 bits per heavy atom. The highest BCUT2D eigenvalue weighted by Gasteiger charge is 2.46. The van der Waals surface area contributed by atoms with E-state index in [1.165, 1.54) is 0 Å². The zero-order valence-corrected chi connectivity index (χ0v) is 12.0. The average molecular weight is 277 g/mol. The zero-order valence-electron chi connectivity index (χ0n) is 12.0. The van der Waals surface area contributed by atoms with Crippen LogP contribution in [0.15, 0.2) is 12.7 Å². The highest BCUT2D eigenvalue weighted by atomic mass is 16.2. The minimum Gasteiger partial charge on any atom is -0.341 e. The summed E-state index contributed by atoms with van der Waals surface area (Å²) in [5, 5.41) is 4.14. The number of amides is 1. The molecule has 0 radical (unpaired) electrons. The number of rotatable bonds is 4. The maximum absolute atomic E-state index is 12.6. The quantitative estimate of drug-likeness (QED) is 0.876. The summed E-state index contributed by atoms with van der Waals surface area (Å²) in [6.45, 7) is 4.35. The van der Waals surface area contributed by atoms with E-state index >= 15 is 0 Å². The van der Waals surface area contributed by atoms with Gasteiger partial charge in [-0.2, -0.15) is 5.10 Å². The highest BCUT2D eigenvalue weighted by molar-refractivity contribution is 5.86. The first-order valence-corrected chi connectivity index (χ1v) is 7.48. The molecule has 1 amide bonds. The molecule has 1 aromatic heterocycles. The van der Waals surface area contributed by atoms with Crippen LogP contribution in [0.3, 0.4) is 0 Å². The molecule has 3 rings (SSSR count). The number of carbonyl (C=O) groups excluding carboxylic acids is 1. The highest BCUT2D eigenvalue weighted by Crippen LogP contribution is 2.39. The van der Waals surface area contributed by atoms with Crippen molar-refractivity contribution in [1.29, 1.82) is 0 Å². The molecular formula is C14H23N5O. The molecule has 1 saturated carbocycles. The fourth-order valence-electron chi connectivity index (χ4n) is 3.19. The molecule has 1 aliphatic carbocycles. The van der Waals surface area contributed by atoms with Crippen molar-refractivity contribution in [3.05, 3.63) is 12.7 Å². The second-order valence-electron chi connectivity index (χ2n) is 6.43. The Kier molecular flexibility index (Phi) is 3.50. The van der Waals surface area contributed by atoms with Gasteiger partial charge in [-0.05, 0) is 44.4 Å². The van der Waals surface area contributed by atoms with Crippen LogP contribution in [0.2, 0.25) is 0 Å². The molecule has 2 heterocycles. The first kappa shape index (κ1) is 13.5. The van der Waals surface area contributed by atoms with Crippen LogP contribution in [-0.4, -0.2) is 44.2 Å². The minimum absolute atomic E-state index is 0.128. The molecule has 110 valence electrons. The van der Waals surface area contributed by atoms with Crippen molar-refractivity contribution in [3.63, 3.8) is 0 Å². The Bertz CT molecular complexity index is 466. The van der Waals surface area contributed by atoms with E-state index in [0.717, 1.165) is 45.3 Å². The lowest BCUT2D eigenvalue weighted by molar-refractivity contribution is -0.139. The average Bonchev–Trinajstić information content (AvgIpc) is 3.19. The van der Waals surface area contributed by atoms with E-state index in [0.29, 0.717) is 11.8 Å². The molecule has 1 saturated heterocycles. The molecule has 0 unspecified atom stereocenters. The molecule has 2 fully saturated rings. The Hall–Kier alpha value is -1.43. The fraction of sp³-hybridized carbons (Fsp3) is 0.786. The molecule has 2 atom stereocenters. The zero-order chi connectivity index (χ0) is 14.2. The number of hydrogen-bond donors (Lipinski definition) is 1. The van der Waals surface area contributed by atoms with E-state index in [4.69, 9.17) is 5.73 Å². The topological polar surface area (TPSA) is 77.0 Å². The third-order valence-electron chi connectivity index (χ3n) is 4.60. The Balaban J connectivity index is 1.61. The van der Waals surface area contributed by atoms with Gasteiger partial charge in [0.2, 0.25) is 5.91 Å². The second kappa shape index (κ2) is 5.16. The normalized spacial score (nSPS) is 26.3. The number of nitrogens with two attached hydrogens (primary N) is 1. The van der Waals surface area contributed by atoms with Crippen molar-refractivity contribution >= 4 is 5.91 Å². The Labute approximate surface area is 119 Å². The lowest BCUT2D eigenvalue weighted by Crippen LogP contribution is -2.57. The van der Waals surface area contributed by atoms with Gasteiger partial charge >= 0.3 is 0 Å². The summed E-state index contributed by atoms with van der Waals surface area (Å²) >= 11 is 0. The second-order valence-corrected chi connectivity index (χ2v) is 6.43. The number of nitrogens with zero attached hydrogens (tertiary/aromatic N) is 4. The molecule has 6 nitrogen and oxygen atoms in total. The predicted molar refractivity (Wildman–Crippen MR) is 74.6 cm³/mol. The monoisotopic (exact) mass is 277 g/mol. The van der Waals surface area contributed by atoms with Gasteiger partial charge in [0.25, 0.3) is 0 Å². The summed E-state index contributed by atoms with van der Waals surface area (Å²) in [4.78, 5) is 18.5. The molecule has 0 bridgehead atoms. The Morgan fingerprint density at radius 3 is 2.90 bits per heavy atom. The largest absolute Gasteiger partial charge is 0.341 e. The Morgan fingerprint density at radius 2 is 2.25 bits per heavy atom. The predicted octanol–water partition coefficient (Wildman–Crippen LogP) is 0.644. The lowest BCUT2D eigenvalue weighted by atomic mass is 9.92. The van der Waals surface area contributed by atoms with Crippen LogP contribution >= 0.6 is 0 Å². The van der Waals surface area contributed by atoms with Gasteiger partial charge in [0.1, 0.15) is 12.7 Å². The first-order valence-electron chi connectivity index (χ1n) is 7.48. The standard InChI is InChI=1S/C14H23N5O/c1-14(15,12-4-5-12)13(20)18-6-2-3-11(7-18)8-19-10-16-9-17-19/h9-12H,2-8,15H2,1H3/t11-,14-/m0/s1. The van der Waals surface area contributed by atoms with E-state index in [2.05, 4.69) is 10.1 Å². The molecule has 6 heteroatoms. The summed E-state index contributed by atoms with van der Waals surface area (Å²) in [7, 11) is 0. The summed E-state index contributed by atoms with van der Waals surface area (Å²) in [5.41, 5.74) is 5.59. The van der Waals surface area contributed by atoms with Gasteiger partial charge < -0.3 is 10.6 Å². The fourth-order valence-corrected chi connectivity index (χ4v) is 3.19. The van der Waals surface area contributed by atoms with Crippen LogP contribution in [-0.2, 0) is 11.3 Å². The van der Waals surface area contributed by atoms with Gasteiger partial charge in [-0.25, -0.2) is 4.98 Å². The number of likely N-dealkylation sites (tertiary alicyclic amines) is 1. The van der Waals surface area contributed by atoms with E-state index in [9.17, 15) is 4.79 Å². The minimum atomic E-state index is -0.671. The van der Waals surface area contributed by atoms with Crippen LogP contribution in [0, 0.1) is 11.8 Å². The van der Waals surface area contributed by atoms with Crippen molar-refractivity contribution in [2.75, 3.05) is 13.1 Å². The molecule has 1 aromatic rings. The number of carbonyl (C=O) groups is 1. The van der Waals surface area contributed by atoms with Crippen molar-refractivity contribution in [3.8, 4) is 0 Å². The van der Waals surface area contributed by atoms with Crippen LogP contribution in [0.25, 0.3) is 0 Å². The van der Waals surface area contributed by atoms with Gasteiger partial charge in [0, 0.05) is 19.6 Å². The molecule has 2 aliphatic rings. The van der Waals surface area contributed by atoms with E-state index in [1.807, 2.05) is 16.5 Å². The van der Waals surface area contributed by atoms with E-state index in [1.54, 1.807) is 12.7 Å². The maximum atomic E-state index is 12.6. The molecular weight excluding hydrogens is 254 g/mol. The van der Waals surface area contributed by atoms with Gasteiger partial charge in [-0.1, -0.05) is 0 Å². The maximum Gasteiger partial charge on any atom is 0.242 e. The van der Waals surface area contributed by atoms with Crippen molar-refractivity contribution in [1.82, 2.24) is 19.7 Å². The SMILES string of the molecule is C[C@@](N)(C(=O)N1CCC[C@H](Cn2cncn2)C1)C1CC1. The van der Waals surface area contributed by atoms with Crippen LogP contribution in [0.4, 0.5) is 0 Å². The summed E-state index contributed by atoms with van der Waals surface area (Å²) in [6.07, 6.45) is 7.65. The molecule has 2 N–H and O–H groups in total. The summed E-state index contributed by atoms with van der Waals surface area (Å²) < 4.78 is 1.85. The van der Waals surface area contributed by atoms with E-state index in [-0.39, 0.29) is 5.91 Å². The third-order valence-corrected chi connectivity index (χ3v) is 4.60. The number of aromatic nitrogens is 3. The smallest absolute Gasteiger partial charge is 0.242 e. The van der Waals surface area contributed by atoms with Crippen molar-refractivity contribution < 1.29 is 4.79 Å². The van der Waals surface area contributed by atoms with E-state index < -0.39 is 5.54 Å².